The molecule has 0 saturated carbocycles. The fraction of sp³-hybridized carbons (Fsp3) is 0.438. The fourth-order valence-electron chi connectivity index (χ4n) is 2.00. The molecule has 0 radical (unpaired) electrons. The number of aliphatic imine (C=N–C) groups is 1. The lowest BCUT2D eigenvalue weighted by atomic mass is 10.2. The van der Waals surface area contributed by atoms with Crippen molar-refractivity contribution in [1.29, 1.82) is 0 Å². The standard InChI is InChI=1S/C16H21N3O3S/c1-10(2)9-17-16-19-15(21)13(23-16)8-14(20)18-11-6-4-5-7-12(11)22-3/h4-7,10,13H,8-9H2,1-3H3,(H,18,20)(H,17,19,21)/t13-/m0/s1. The van der Waals surface area contributed by atoms with Crippen molar-refractivity contribution in [3.05, 3.63) is 24.3 Å². The molecule has 0 unspecified atom stereocenters. The zero-order chi connectivity index (χ0) is 16.8. The summed E-state index contributed by atoms with van der Waals surface area (Å²) in [4.78, 5) is 28.4. The number of amides is 2. The number of rotatable bonds is 6. The third kappa shape index (κ3) is 4.99. The topological polar surface area (TPSA) is 79.8 Å². The normalized spacial score (nSPS) is 19.0. The van der Waals surface area contributed by atoms with Crippen molar-refractivity contribution in [2.75, 3.05) is 19.0 Å². The molecule has 0 spiro atoms. The molecule has 1 atom stereocenters. The van der Waals surface area contributed by atoms with E-state index < -0.39 is 5.25 Å². The van der Waals surface area contributed by atoms with Crippen LogP contribution in [0, 0.1) is 5.92 Å². The molecule has 1 fully saturated rings. The summed E-state index contributed by atoms with van der Waals surface area (Å²) in [5, 5.41) is 5.64. The van der Waals surface area contributed by atoms with Crippen molar-refractivity contribution in [2.45, 2.75) is 25.5 Å². The van der Waals surface area contributed by atoms with Crippen LogP contribution in [0.3, 0.4) is 0 Å². The van der Waals surface area contributed by atoms with E-state index in [2.05, 4.69) is 29.5 Å². The largest absolute Gasteiger partial charge is 0.495 e. The maximum Gasteiger partial charge on any atom is 0.240 e. The first-order chi connectivity index (χ1) is 11.0. The van der Waals surface area contributed by atoms with Gasteiger partial charge in [-0.2, -0.15) is 0 Å². The van der Waals surface area contributed by atoms with Gasteiger partial charge < -0.3 is 15.4 Å². The molecule has 7 heteroatoms. The Morgan fingerprint density at radius 2 is 2.17 bits per heavy atom. The lowest BCUT2D eigenvalue weighted by Gasteiger charge is -2.10. The van der Waals surface area contributed by atoms with Crippen molar-refractivity contribution in [2.24, 2.45) is 10.9 Å². The highest BCUT2D eigenvalue weighted by Gasteiger charge is 2.32. The van der Waals surface area contributed by atoms with Gasteiger partial charge in [-0.1, -0.05) is 37.7 Å². The maximum absolute atomic E-state index is 12.2. The number of amidine groups is 1. The van der Waals surface area contributed by atoms with Gasteiger partial charge in [0.15, 0.2) is 5.17 Å². The van der Waals surface area contributed by atoms with Gasteiger partial charge in [-0.3, -0.25) is 14.6 Å². The zero-order valence-electron chi connectivity index (χ0n) is 13.5. The van der Waals surface area contributed by atoms with E-state index >= 15 is 0 Å². The van der Waals surface area contributed by atoms with Crippen molar-refractivity contribution in [3.63, 3.8) is 0 Å². The predicted molar refractivity (Wildman–Crippen MR) is 92.9 cm³/mol. The number of anilines is 1. The summed E-state index contributed by atoms with van der Waals surface area (Å²) in [5.41, 5.74) is 0.595. The molecule has 1 saturated heterocycles. The van der Waals surface area contributed by atoms with Crippen LogP contribution < -0.4 is 15.4 Å². The molecule has 1 aromatic carbocycles. The lowest BCUT2D eigenvalue weighted by molar-refractivity contribution is -0.122. The Bertz CT molecular complexity index is 616. The van der Waals surface area contributed by atoms with E-state index in [0.717, 1.165) is 0 Å². The zero-order valence-corrected chi connectivity index (χ0v) is 14.3. The van der Waals surface area contributed by atoms with Crippen LogP contribution >= 0.6 is 11.8 Å². The Morgan fingerprint density at radius 3 is 2.87 bits per heavy atom. The number of benzene rings is 1. The molecule has 2 amide bonds. The van der Waals surface area contributed by atoms with Crippen LogP contribution in [0.5, 0.6) is 5.75 Å². The van der Waals surface area contributed by atoms with Crippen molar-refractivity contribution in [1.82, 2.24) is 5.32 Å². The molecule has 2 N–H and O–H groups in total. The van der Waals surface area contributed by atoms with E-state index in [4.69, 9.17) is 4.74 Å². The van der Waals surface area contributed by atoms with E-state index in [0.29, 0.717) is 29.1 Å². The molecular formula is C16H21N3O3S. The number of ether oxygens (including phenoxy) is 1. The van der Waals surface area contributed by atoms with Gasteiger partial charge in [0.1, 0.15) is 11.0 Å². The average molecular weight is 335 g/mol. The molecule has 6 nitrogen and oxygen atoms in total. The van der Waals surface area contributed by atoms with Crippen LogP contribution in [0.15, 0.2) is 29.3 Å². The summed E-state index contributed by atoms with van der Waals surface area (Å²) in [6.07, 6.45) is 0.0925. The highest BCUT2D eigenvalue weighted by Crippen LogP contribution is 2.26. The number of nitrogens with zero attached hydrogens (tertiary/aromatic N) is 1. The molecule has 0 aliphatic carbocycles. The molecule has 1 aliphatic rings. The molecule has 1 aromatic rings. The molecule has 2 rings (SSSR count). The number of hydrogen-bond acceptors (Lipinski definition) is 5. The van der Waals surface area contributed by atoms with Gasteiger partial charge in [0.05, 0.1) is 12.8 Å². The van der Waals surface area contributed by atoms with E-state index in [1.54, 1.807) is 19.2 Å². The Kier molecular flexibility index (Phi) is 6.04. The number of hydrogen-bond donors (Lipinski definition) is 2. The maximum atomic E-state index is 12.2. The molecule has 23 heavy (non-hydrogen) atoms. The van der Waals surface area contributed by atoms with Crippen LogP contribution in [-0.4, -0.2) is 35.9 Å². The van der Waals surface area contributed by atoms with Crippen LogP contribution in [0.1, 0.15) is 20.3 Å². The van der Waals surface area contributed by atoms with Crippen LogP contribution in [-0.2, 0) is 9.59 Å². The first-order valence-electron chi connectivity index (χ1n) is 7.44. The summed E-state index contributed by atoms with van der Waals surface area (Å²) >= 11 is 1.31. The van der Waals surface area contributed by atoms with Gasteiger partial charge in [0, 0.05) is 13.0 Å². The Hall–Kier alpha value is -2.02. The number of methoxy groups -OCH3 is 1. The Morgan fingerprint density at radius 1 is 1.43 bits per heavy atom. The van der Waals surface area contributed by atoms with Gasteiger partial charge >= 0.3 is 0 Å². The summed E-state index contributed by atoms with van der Waals surface area (Å²) in [6.45, 7) is 4.77. The number of thioether (sulfide) groups is 1. The van der Waals surface area contributed by atoms with Crippen LogP contribution in [0.4, 0.5) is 5.69 Å². The molecule has 1 heterocycles. The van der Waals surface area contributed by atoms with E-state index in [9.17, 15) is 9.59 Å². The van der Waals surface area contributed by atoms with E-state index in [1.165, 1.54) is 11.8 Å². The first-order valence-corrected chi connectivity index (χ1v) is 8.32. The summed E-state index contributed by atoms with van der Waals surface area (Å²) in [6, 6.07) is 7.16. The van der Waals surface area contributed by atoms with Gasteiger partial charge in [0.25, 0.3) is 0 Å². The van der Waals surface area contributed by atoms with E-state index in [1.807, 2.05) is 12.1 Å². The van der Waals surface area contributed by atoms with Crippen molar-refractivity contribution < 1.29 is 14.3 Å². The second kappa shape index (κ2) is 8.01. The van der Waals surface area contributed by atoms with Crippen LogP contribution in [0.2, 0.25) is 0 Å². The van der Waals surface area contributed by atoms with Gasteiger partial charge in [-0.05, 0) is 18.1 Å². The number of carbonyl (C=O) groups excluding carboxylic acids is 2. The van der Waals surface area contributed by atoms with Gasteiger partial charge in [0.2, 0.25) is 11.8 Å². The summed E-state index contributed by atoms with van der Waals surface area (Å²) in [5.74, 6) is 0.608. The fourth-order valence-corrected chi connectivity index (χ4v) is 2.98. The molecule has 124 valence electrons. The quantitative estimate of drug-likeness (QED) is 0.836. The smallest absolute Gasteiger partial charge is 0.240 e. The van der Waals surface area contributed by atoms with Crippen molar-refractivity contribution in [3.8, 4) is 5.75 Å². The van der Waals surface area contributed by atoms with Gasteiger partial charge in [-0.15, -0.1) is 0 Å². The Labute approximate surface area is 140 Å². The van der Waals surface area contributed by atoms with Crippen molar-refractivity contribution >= 4 is 34.4 Å². The highest BCUT2D eigenvalue weighted by atomic mass is 32.2. The monoisotopic (exact) mass is 335 g/mol. The number of carbonyl (C=O) groups is 2. The lowest BCUT2D eigenvalue weighted by Crippen LogP contribution is -2.28. The first kappa shape index (κ1) is 17.3. The summed E-state index contributed by atoms with van der Waals surface area (Å²) in [7, 11) is 1.54. The SMILES string of the molecule is COc1ccccc1NC(=O)C[C@@H]1SC(=NCC(C)C)NC1=O. The highest BCUT2D eigenvalue weighted by molar-refractivity contribution is 8.15. The molecular weight excluding hydrogens is 314 g/mol. The third-order valence-electron chi connectivity index (χ3n) is 3.13. The average Bonchev–Trinajstić information content (AvgIpc) is 2.85. The Balaban J connectivity index is 1.93. The molecule has 0 aromatic heterocycles. The minimum absolute atomic E-state index is 0.0925. The second-order valence-corrected chi connectivity index (χ2v) is 6.78. The number of para-hydroxylation sites is 2. The second-order valence-electron chi connectivity index (χ2n) is 5.59. The molecule has 0 bridgehead atoms. The molecule has 1 aliphatic heterocycles. The van der Waals surface area contributed by atoms with Crippen LogP contribution in [0.25, 0.3) is 0 Å². The predicted octanol–water partition coefficient (Wildman–Crippen LogP) is 2.27. The van der Waals surface area contributed by atoms with Gasteiger partial charge in [-0.25, -0.2) is 0 Å². The van der Waals surface area contributed by atoms with E-state index in [-0.39, 0.29) is 18.2 Å². The minimum atomic E-state index is -0.449. The minimum Gasteiger partial charge on any atom is -0.495 e. The summed E-state index contributed by atoms with van der Waals surface area (Å²) < 4.78 is 5.19. The number of nitrogens with one attached hydrogen (secondary N) is 2. The third-order valence-corrected chi connectivity index (χ3v) is 4.25.